The molecule has 0 radical (unpaired) electrons. The molecule has 0 unspecified atom stereocenters. The minimum Gasteiger partial charge on any atom is -0.508 e. The molecule has 0 bridgehead atoms. The molecule has 0 aliphatic heterocycles. The molecule has 0 aromatic heterocycles. The Morgan fingerprint density at radius 3 is 2.31 bits per heavy atom. The van der Waals surface area contributed by atoms with Crippen LogP contribution in [-0.4, -0.2) is 41.6 Å². The minimum absolute atomic E-state index is 0.0142. The fourth-order valence-corrected chi connectivity index (χ4v) is 4.47. The molecule has 0 atom stereocenters. The Hall–Kier alpha value is -1.84. The summed E-state index contributed by atoms with van der Waals surface area (Å²) in [5.74, 6) is 0.364. The van der Waals surface area contributed by atoms with Gasteiger partial charge in [-0.3, -0.25) is 4.90 Å². The van der Waals surface area contributed by atoms with E-state index in [0.29, 0.717) is 11.8 Å². The average molecular weight is 353 g/mol. The molecule has 1 N–H and O–H groups in total. The van der Waals surface area contributed by atoms with Crippen LogP contribution in [0.4, 0.5) is 0 Å². The summed E-state index contributed by atoms with van der Waals surface area (Å²) in [6, 6.07) is 19.2. The van der Waals surface area contributed by atoms with Crippen molar-refractivity contribution in [3.63, 3.8) is 0 Å². The van der Waals surface area contributed by atoms with Crippen LogP contribution in [0.3, 0.4) is 0 Å². The lowest BCUT2D eigenvalue weighted by Gasteiger charge is -2.48. The van der Waals surface area contributed by atoms with Gasteiger partial charge in [-0.25, -0.2) is 0 Å². The van der Waals surface area contributed by atoms with Gasteiger partial charge in [-0.05, 0) is 69.6 Å². The monoisotopic (exact) mass is 352 g/mol. The number of hydrogen-bond donors (Lipinski definition) is 1. The number of hydrogen-bond acceptors (Lipinski definition) is 3. The predicted molar refractivity (Wildman–Crippen MR) is 108 cm³/mol. The second-order valence-corrected chi connectivity index (χ2v) is 7.73. The molecule has 3 nitrogen and oxygen atoms in total. The van der Waals surface area contributed by atoms with E-state index in [1.165, 1.54) is 24.0 Å². The molecule has 0 heterocycles. The molecule has 1 saturated carbocycles. The van der Waals surface area contributed by atoms with Gasteiger partial charge >= 0.3 is 0 Å². The van der Waals surface area contributed by atoms with E-state index in [2.05, 4.69) is 67.2 Å². The molecule has 1 fully saturated rings. The van der Waals surface area contributed by atoms with Crippen molar-refractivity contribution < 1.29 is 5.11 Å². The van der Waals surface area contributed by atoms with Crippen molar-refractivity contribution in [3.8, 4) is 5.75 Å². The molecule has 26 heavy (non-hydrogen) atoms. The Balaban J connectivity index is 1.87. The summed E-state index contributed by atoms with van der Waals surface area (Å²) in [7, 11) is 4.47. The van der Waals surface area contributed by atoms with Crippen molar-refractivity contribution in [2.24, 2.45) is 0 Å². The second kappa shape index (κ2) is 8.24. The first-order valence-electron chi connectivity index (χ1n) is 9.80. The van der Waals surface area contributed by atoms with Crippen molar-refractivity contribution in [2.75, 3.05) is 20.6 Å². The molecule has 3 rings (SSSR count). The van der Waals surface area contributed by atoms with E-state index in [0.717, 1.165) is 25.9 Å². The summed E-state index contributed by atoms with van der Waals surface area (Å²) < 4.78 is 0. The second-order valence-electron chi connectivity index (χ2n) is 7.73. The molecule has 2 aromatic carbocycles. The zero-order valence-corrected chi connectivity index (χ0v) is 16.4. The SMILES string of the molecule is CCN(C)C1CCC(c2cccc(O)c2)(N(C)Cc2ccccc2)CC1. The lowest BCUT2D eigenvalue weighted by molar-refractivity contribution is 0.0352. The largest absolute Gasteiger partial charge is 0.508 e. The Bertz CT molecular complexity index is 692. The number of rotatable bonds is 6. The van der Waals surface area contributed by atoms with E-state index in [4.69, 9.17) is 0 Å². The molecule has 3 heteroatoms. The van der Waals surface area contributed by atoms with Crippen LogP contribution in [0, 0.1) is 0 Å². The minimum atomic E-state index is -0.0142. The van der Waals surface area contributed by atoms with Crippen LogP contribution in [-0.2, 0) is 12.1 Å². The fraction of sp³-hybridized carbons (Fsp3) is 0.478. The van der Waals surface area contributed by atoms with Crippen molar-refractivity contribution in [3.05, 3.63) is 65.7 Å². The molecule has 1 aliphatic carbocycles. The molecule has 0 spiro atoms. The van der Waals surface area contributed by atoms with Gasteiger partial charge in [-0.2, -0.15) is 0 Å². The maximum atomic E-state index is 10.1. The Morgan fingerprint density at radius 2 is 1.69 bits per heavy atom. The van der Waals surface area contributed by atoms with Crippen LogP contribution >= 0.6 is 0 Å². The van der Waals surface area contributed by atoms with Crippen molar-refractivity contribution >= 4 is 0 Å². The van der Waals surface area contributed by atoms with Crippen LogP contribution in [0.15, 0.2) is 54.6 Å². The summed E-state index contributed by atoms with van der Waals surface area (Å²) in [6.07, 6.45) is 4.63. The normalized spacial score (nSPS) is 23.5. The number of benzene rings is 2. The van der Waals surface area contributed by atoms with Gasteiger partial charge in [-0.1, -0.05) is 49.4 Å². The molecule has 0 amide bonds. The standard InChI is InChI=1S/C23H32N2O/c1-4-24(2)21-13-15-23(16-14-21,20-11-8-12-22(26)17-20)25(3)18-19-9-6-5-7-10-19/h5-12,17,21,26H,4,13-16,18H2,1-3H3. The van der Waals surface area contributed by atoms with Gasteiger partial charge < -0.3 is 10.0 Å². The topological polar surface area (TPSA) is 26.7 Å². The average Bonchev–Trinajstić information content (AvgIpc) is 2.68. The van der Waals surface area contributed by atoms with Crippen molar-refractivity contribution in [1.82, 2.24) is 9.80 Å². The molecule has 2 aromatic rings. The number of aromatic hydroxyl groups is 1. The van der Waals surface area contributed by atoms with Gasteiger partial charge in [-0.15, -0.1) is 0 Å². The molecular formula is C23H32N2O. The van der Waals surface area contributed by atoms with E-state index >= 15 is 0 Å². The maximum Gasteiger partial charge on any atom is 0.115 e. The quantitative estimate of drug-likeness (QED) is 0.822. The van der Waals surface area contributed by atoms with E-state index < -0.39 is 0 Å². The summed E-state index contributed by atoms with van der Waals surface area (Å²) in [4.78, 5) is 4.98. The summed E-state index contributed by atoms with van der Waals surface area (Å²) in [5.41, 5.74) is 2.57. The molecular weight excluding hydrogens is 320 g/mol. The van der Waals surface area contributed by atoms with Crippen LogP contribution in [0.1, 0.15) is 43.7 Å². The van der Waals surface area contributed by atoms with Crippen molar-refractivity contribution in [2.45, 2.75) is 50.7 Å². The predicted octanol–water partition coefficient (Wildman–Crippen LogP) is 4.61. The zero-order chi connectivity index (χ0) is 18.6. The summed E-state index contributed by atoms with van der Waals surface area (Å²) in [5, 5.41) is 10.1. The molecule has 140 valence electrons. The Labute approximate surface area is 158 Å². The number of phenolic OH excluding ortho intramolecular Hbond substituents is 1. The van der Waals surface area contributed by atoms with Crippen LogP contribution in [0.2, 0.25) is 0 Å². The van der Waals surface area contributed by atoms with Crippen LogP contribution in [0.5, 0.6) is 5.75 Å². The van der Waals surface area contributed by atoms with Crippen LogP contribution < -0.4 is 0 Å². The number of phenols is 1. The lowest BCUT2D eigenvalue weighted by atomic mass is 9.73. The zero-order valence-electron chi connectivity index (χ0n) is 16.4. The highest BCUT2D eigenvalue weighted by Gasteiger charge is 2.41. The highest BCUT2D eigenvalue weighted by molar-refractivity contribution is 5.33. The molecule has 1 aliphatic rings. The van der Waals surface area contributed by atoms with E-state index in [-0.39, 0.29) is 5.54 Å². The van der Waals surface area contributed by atoms with Crippen molar-refractivity contribution in [1.29, 1.82) is 0 Å². The van der Waals surface area contributed by atoms with Gasteiger partial charge in [0.25, 0.3) is 0 Å². The smallest absolute Gasteiger partial charge is 0.115 e. The van der Waals surface area contributed by atoms with E-state index in [9.17, 15) is 5.11 Å². The summed E-state index contributed by atoms with van der Waals surface area (Å²) in [6.45, 7) is 4.26. The first-order valence-corrected chi connectivity index (χ1v) is 9.80. The van der Waals surface area contributed by atoms with E-state index in [1.54, 1.807) is 6.07 Å². The lowest BCUT2D eigenvalue weighted by Crippen LogP contribution is -2.49. The van der Waals surface area contributed by atoms with Gasteiger partial charge in [0.15, 0.2) is 0 Å². The fourth-order valence-electron chi connectivity index (χ4n) is 4.47. The first-order chi connectivity index (χ1) is 12.5. The Morgan fingerprint density at radius 1 is 1.00 bits per heavy atom. The van der Waals surface area contributed by atoms with Crippen LogP contribution in [0.25, 0.3) is 0 Å². The van der Waals surface area contributed by atoms with Gasteiger partial charge in [0, 0.05) is 18.1 Å². The third kappa shape index (κ3) is 3.94. The number of nitrogens with zero attached hydrogens (tertiary/aromatic N) is 2. The highest BCUT2D eigenvalue weighted by Crippen LogP contribution is 2.44. The van der Waals surface area contributed by atoms with Gasteiger partial charge in [0.1, 0.15) is 5.75 Å². The van der Waals surface area contributed by atoms with Gasteiger partial charge in [0.05, 0.1) is 0 Å². The third-order valence-electron chi connectivity index (χ3n) is 6.28. The van der Waals surface area contributed by atoms with Gasteiger partial charge in [0.2, 0.25) is 0 Å². The Kier molecular flexibility index (Phi) is 6.00. The van der Waals surface area contributed by atoms with E-state index in [1.807, 2.05) is 12.1 Å². The third-order valence-corrected chi connectivity index (χ3v) is 6.28. The highest BCUT2D eigenvalue weighted by atomic mass is 16.3. The first kappa shape index (κ1) is 18.9. The molecule has 0 saturated heterocycles. The maximum absolute atomic E-state index is 10.1. The summed E-state index contributed by atoms with van der Waals surface area (Å²) >= 11 is 0.